The van der Waals surface area contributed by atoms with E-state index in [1.165, 1.54) is 0 Å². The lowest BCUT2D eigenvalue weighted by molar-refractivity contribution is -0.146. The Kier molecular flexibility index (Phi) is 5.03. The maximum absolute atomic E-state index is 13.7. The van der Waals surface area contributed by atoms with E-state index in [-0.39, 0.29) is 17.9 Å². The molecule has 1 saturated heterocycles. The zero-order valence-electron chi connectivity index (χ0n) is 16.3. The van der Waals surface area contributed by atoms with E-state index in [1.807, 2.05) is 66.4 Å². The highest BCUT2D eigenvalue weighted by molar-refractivity contribution is 5.94. The van der Waals surface area contributed by atoms with E-state index in [0.29, 0.717) is 13.0 Å². The summed E-state index contributed by atoms with van der Waals surface area (Å²) in [5.41, 5.74) is 3.92. The van der Waals surface area contributed by atoms with Crippen molar-refractivity contribution in [3.8, 4) is 0 Å². The van der Waals surface area contributed by atoms with Crippen LogP contribution in [0.4, 0.5) is 0 Å². The van der Waals surface area contributed by atoms with Gasteiger partial charge in [0.1, 0.15) is 6.04 Å². The van der Waals surface area contributed by atoms with Gasteiger partial charge in [-0.1, -0.05) is 68.1 Å². The molecule has 2 amide bonds. The predicted octanol–water partition coefficient (Wildman–Crippen LogP) is 4.18. The molecule has 0 unspecified atom stereocenters. The fourth-order valence-corrected chi connectivity index (χ4v) is 4.50. The van der Waals surface area contributed by atoms with E-state index in [0.717, 1.165) is 41.6 Å². The van der Waals surface area contributed by atoms with Gasteiger partial charge < -0.3 is 9.80 Å². The third-order valence-electron chi connectivity index (χ3n) is 5.90. The summed E-state index contributed by atoms with van der Waals surface area (Å²) in [5, 5.41) is 0. The van der Waals surface area contributed by atoms with Crippen molar-refractivity contribution < 1.29 is 9.59 Å². The summed E-state index contributed by atoms with van der Waals surface area (Å²) in [7, 11) is 0. The van der Waals surface area contributed by atoms with Crippen LogP contribution in [-0.4, -0.2) is 34.2 Å². The summed E-state index contributed by atoms with van der Waals surface area (Å²) in [4.78, 5) is 30.4. The zero-order valence-corrected chi connectivity index (χ0v) is 16.3. The monoisotopic (exact) mass is 374 g/mol. The molecule has 2 heterocycles. The highest BCUT2D eigenvalue weighted by Gasteiger charge is 2.43. The number of fused-ring (bicyclic) bond motifs is 2. The molecule has 0 bridgehead atoms. The molecule has 0 aliphatic carbocycles. The minimum absolute atomic E-state index is 0.0136. The highest BCUT2D eigenvalue weighted by Crippen LogP contribution is 2.41. The van der Waals surface area contributed by atoms with Gasteiger partial charge in [0.25, 0.3) is 5.91 Å². The third kappa shape index (κ3) is 3.13. The molecule has 2 aromatic rings. The van der Waals surface area contributed by atoms with Crippen molar-refractivity contribution in [3.05, 3.63) is 77.9 Å². The van der Waals surface area contributed by atoms with Crippen LogP contribution in [0.25, 0.3) is 5.57 Å². The average molecular weight is 374 g/mol. The lowest BCUT2D eigenvalue weighted by atomic mass is 9.92. The van der Waals surface area contributed by atoms with Gasteiger partial charge in [0.2, 0.25) is 5.91 Å². The molecule has 0 radical (unpaired) electrons. The third-order valence-corrected chi connectivity index (χ3v) is 5.90. The number of rotatable bonds is 4. The maximum Gasteiger partial charge on any atom is 0.250 e. The largest absolute Gasteiger partial charge is 0.334 e. The van der Waals surface area contributed by atoms with Crippen molar-refractivity contribution in [1.82, 2.24) is 9.80 Å². The zero-order chi connectivity index (χ0) is 19.7. The van der Waals surface area contributed by atoms with E-state index >= 15 is 0 Å². The molecule has 2 atom stereocenters. The maximum atomic E-state index is 13.7. The first kappa shape index (κ1) is 18.5. The second-order valence-electron chi connectivity index (χ2n) is 7.57. The molecule has 0 saturated carbocycles. The molecule has 0 aromatic heterocycles. The van der Waals surface area contributed by atoms with Gasteiger partial charge in [0, 0.05) is 19.5 Å². The summed E-state index contributed by atoms with van der Waals surface area (Å²) in [6.07, 6.45) is 2.28. The van der Waals surface area contributed by atoms with Gasteiger partial charge in [0.05, 0.1) is 6.04 Å². The Hall–Kier alpha value is -2.88. The molecule has 0 spiro atoms. The second-order valence-corrected chi connectivity index (χ2v) is 7.57. The Morgan fingerprint density at radius 2 is 1.86 bits per heavy atom. The average Bonchev–Trinajstić information content (AvgIpc) is 3.20. The van der Waals surface area contributed by atoms with E-state index in [9.17, 15) is 9.59 Å². The van der Waals surface area contributed by atoms with E-state index < -0.39 is 6.04 Å². The minimum Gasteiger partial charge on any atom is -0.334 e. The first-order chi connectivity index (χ1) is 13.6. The Bertz CT molecular complexity index is 906. The van der Waals surface area contributed by atoms with Crippen molar-refractivity contribution >= 4 is 17.4 Å². The Labute approximate surface area is 166 Å². The smallest absolute Gasteiger partial charge is 0.250 e. The van der Waals surface area contributed by atoms with Crippen LogP contribution in [0.1, 0.15) is 48.9 Å². The van der Waals surface area contributed by atoms with Crippen molar-refractivity contribution in [1.29, 1.82) is 0 Å². The number of benzene rings is 2. The molecule has 2 aliphatic heterocycles. The van der Waals surface area contributed by atoms with Crippen LogP contribution in [0, 0.1) is 0 Å². The van der Waals surface area contributed by atoms with Gasteiger partial charge in [-0.05, 0) is 35.1 Å². The van der Waals surface area contributed by atoms with Gasteiger partial charge in [-0.15, -0.1) is 0 Å². The molecular formula is C24H26N2O2. The summed E-state index contributed by atoms with van der Waals surface area (Å²) >= 11 is 0. The SMILES string of the molecule is C=C1c2ccccc2[C@@H](N(Cc2ccccc2)C(=O)CC)C(=O)N2CCC[C@H]12. The minimum atomic E-state index is -0.608. The topological polar surface area (TPSA) is 40.6 Å². The molecule has 28 heavy (non-hydrogen) atoms. The van der Waals surface area contributed by atoms with E-state index in [4.69, 9.17) is 0 Å². The van der Waals surface area contributed by atoms with Crippen molar-refractivity contribution in [3.63, 3.8) is 0 Å². The Morgan fingerprint density at radius 3 is 2.61 bits per heavy atom. The number of amides is 2. The fourth-order valence-electron chi connectivity index (χ4n) is 4.50. The lowest BCUT2D eigenvalue weighted by Gasteiger charge is -2.33. The highest BCUT2D eigenvalue weighted by atomic mass is 16.2. The van der Waals surface area contributed by atoms with E-state index in [2.05, 4.69) is 6.58 Å². The summed E-state index contributed by atoms with van der Waals surface area (Å²) in [5.74, 6) is 0.00611. The van der Waals surface area contributed by atoms with Crippen LogP contribution in [0.15, 0.2) is 61.2 Å². The molecule has 2 aromatic carbocycles. The van der Waals surface area contributed by atoms with Gasteiger partial charge in [-0.2, -0.15) is 0 Å². The standard InChI is InChI=1S/C24H26N2O2/c1-3-22(27)26(16-18-10-5-4-6-11-18)23-20-13-8-7-12-19(20)17(2)21-14-9-15-25(21)24(23)28/h4-8,10-13,21,23H,2-3,9,14-16H2,1H3/t21-,23-/m1/s1. The molecule has 1 fully saturated rings. The molecule has 0 N–H and O–H groups in total. The summed E-state index contributed by atoms with van der Waals surface area (Å²) in [6.45, 7) is 7.34. The van der Waals surface area contributed by atoms with E-state index in [1.54, 1.807) is 4.90 Å². The predicted molar refractivity (Wildman–Crippen MR) is 110 cm³/mol. The number of hydrogen-bond acceptors (Lipinski definition) is 2. The van der Waals surface area contributed by atoms with Gasteiger partial charge in [-0.25, -0.2) is 0 Å². The summed E-state index contributed by atoms with van der Waals surface area (Å²) in [6, 6.07) is 17.3. The molecule has 144 valence electrons. The van der Waals surface area contributed by atoms with Crippen LogP contribution in [0.5, 0.6) is 0 Å². The van der Waals surface area contributed by atoms with Gasteiger partial charge in [-0.3, -0.25) is 9.59 Å². The van der Waals surface area contributed by atoms with Crippen LogP contribution in [0.2, 0.25) is 0 Å². The van der Waals surface area contributed by atoms with Crippen molar-refractivity contribution in [2.24, 2.45) is 0 Å². The molecular weight excluding hydrogens is 348 g/mol. The Balaban J connectivity index is 1.83. The van der Waals surface area contributed by atoms with Crippen LogP contribution < -0.4 is 0 Å². The van der Waals surface area contributed by atoms with Gasteiger partial charge in [0.15, 0.2) is 0 Å². The molecule has 4 rings (SSSR count). The molecule has 2 aliphatic rings. The quantitative estimate of drug-likeness (QED) is 0.805. The number of carbonyl (C=O) groups is 2. The van der Waals surface area contributed by atoms with Crippen molar-refractivity contribution in [2.45, 2.75) is 44.8 Å². The first-order valence-corrected chi connectivity index (χ1v) is 10.0. The first-order valence-electron chi connectivity index (χ1n) is 10.0. The number of carbonyl (C=O) groups excluding carboxylic acids is 2. The van der Waals surface area contributed by atoms with Crippen molar-refractivity contribution in [2.75, 3.05) is 6.54 Å². The molecule has 4 heteroatoms. The Morgan fingerprint density at radius 1 is 1.14 bits per heavy atom. The normalized spacial score (nSPS) is 21.1. The van der Waals surface area contributed by atoms with Crippen LogP contribution in [-0.2, 0) is 16.1 Å². The van der Waals surface area contributed by atoms with Gasteiger partial charge >= 0.3 is 0 Å². The number of nitrogens with zero attached hydrogens (tertiary/aromatic N) is 2. The number of hydrogen-bond donors (Lipinski definition) is 0. The second kappa shape index (κ2) is 7.63. The fraction of sp³-hybridized carbons (Fsp3) is 0.333. The lowest BCUT2D eigenvalue weighted by Crippen LogP contribution is -2.45. The summed E-state index contributed by atoms with van der Waals surface area (Å²) < 4.78 is 0. The molecule has 4 nitrogen and oxygen atoms in total. The van der Waals surface area contributed by atoms with Crippen LogP contribution in [0.3, 0.4) is 0 Å². The van der Waals surface area contributed by atoms with Crippen LogP contribution >= 0.6 is 0 Å².